The van der Waals surface area contributed by atoms with Gasteiger partial charge in [0.1, 0.15) is 6.10 Å². The van der Waals surface area contributed by atoms with Crippen molar-refractivity contribution in [3.05, 3.63) is 36.2 Å². The third kappa shape index (κ3) is 4.87. The number of carbonyl (C=O) groups excluding carboxylic acids is 2. The standard InChI is InChI=1S/C31H39BF2N2O9S/c1-7-29(4)12-19(30(5)16(2)10-11-31(17(3)27(29)44-15-37)13-20(33)24(38)26(30)31)25(28(39)40)45-21-9-8-18-14-35-36(46(6,42)43)32(41)22(18)23(21)34/h7-9,14-17,19-20,25-27,41H,1,10-13H2,2-6H3,(H,39,40)/t16-,17+,19+,20?,25?,26+,27+,29-,30-,31+/m1/s1. The normalized spacial score (nSPS) is 37.8. The predicted molar refractivity (Wildman–Crippen MR) is 164 cm³/mol. The smallest absolute Gasteiger partial charge is 0.478 e. The molecule has 0 amide bonds. The molecule has 2 bridgehead atoms. The number of hydrogen-bond donors (Lipinski definition) is 2. The zero-order valence-electron chi connectivity index (χ0n) is 26.4. The Balaban J connectivity index is 1.69. The molecule has 46 heavy (non-hydrogen) atoms. The van der Waals surface area contributed by atoms with Crippen molar-refractivity contribution in [2.45, 2.75) is 71.8 Å². The number of nitrogens with zero attached hydrogens (tertiary/aromatic N) is 2. The molecular formula is C31H39BF2N2O9S. The van der Waals surface area contributed by atoms with Crippen LogP contribution in [0, 0.1) is 45.7 Å². The molecule has 15 heteroatoms. The molecule has 4 aliphatic rings. The van der Waals surface area contributed by atoms with Gasteiger partial charge in [0.2, 0.25) is 10.0 Å². The minimum Gasteiger partial charge on any atom is -0.478 e. The van der Waals surface area contributed by atoms with Gasteiger partial charge >= 0.3 is 13.0 Å². The quantitative estimate of drug-likeness (QED) is 0.242. The Labute approximate surface area is 267 Å². The van der Waals surface area contributed by atoms with Gasteiger partial charge in [-0.05, 0) is 60.1 Å². The second kappa shape index (κ2) is 11.4. The molecule has 10 atom stereocenters. The van der Waals surface area contributed by atoms with E-state index in [2.05, 4.69) is 11.7 Å². The number of benzene rings is 1. The van der Waals surface area contributed by atoms with Crippen LogP contribution in [0.5, 0.6) is 5.75 Å². The Hall–Kier alpha value is -3.33. The Morgan fingerprint density at radius 1 is 1.28 bits per heavy atom. The molecule has 0 spiro atoms. The number of Topliss-reactive ketones (excluding diaryl/α,β-unsaturated/α-hetero) is 1. The van der Waals surface area contributed by atoms with Crippen LogP contribution in [-0.2, 0) is 29.1 Å². The van der Waals surface area contributed by atoms with Gasteiger partial charge in [0, 0.05) is 28.6 Å². The zero-order chi connectivity index (χ0) is 34.1. The summed E-state index contributed by atoms with van der Waals surface area (Å²) in [6.45, 7) is 11.5. The first-order chi connectivity index (χ1) is 21.4. The SMILES string of the molecule is C=C[C@]1(C)C[C@@H](C(Oc2ccc3c(c2F)B(O)N(S(C)(=O)=O)N=C3)C(=O)O)[C@@]2(C)[C@H](C)CC[C@]3(CC(F)C(=O)[C@H]32)[C@@H](C)[C@@H]1OC=O. The summed E-state index contributed by atoms with van der Waals surface area (Å²) in [6, 6.07) is 2.47. The Morgan fingerprint density at radius 3 is 2.54 bits per heavy atom. The molecule has 3 fully saturated rings. The van der Waals surface area contributed by atoms with Crippen LogP contribution >= 0.6 is 0 Å². The molecule has 2 unspecified atom stereocenters. The van der Waals surface area contributed by atoms with Crippen LogP contribution in [-0.4, -0.2) is 79.0 Å². The van der Waals surface area contributed by atoms with Crippen molar-refractivity contribution < 1.29 is 51.2 Å². The fraction of sp³-hybridized carbons (Fsp3) is 0.613. The summed E-state index contributed by atoms with van der Waals surface area (Å²) in [6.07, 6.45) is -0.259. The van der Waals surface area contributed by atoms with Gasteiger partial charge in [-0.3, -0.25) is 9.59 Å². The van der Waals surface area contributed by atoms with Gasteiger partial charge in [-0.2, -0.15) is 5.10 Å². The Kier molecular flexibility index (Phi) is 8.45. The minimum absolute atomic E-state index is 0.0301. The summed E-state index contributed by atoms with van der Waals surface area (Å²) in [5.74, 6) is -6.70. The highest BCUT2D eigenvalue weighted by molar-refractivity contribution is 7.89. The Bertz CT molecular complexity index is 1610. The fourth-order valence-electron chi connectivity index (χ4n) is 9.23. The summed E-state index contributed by atoms with van der Waals surface area (Å²) in [7, 11) is -6.16. The van der Waals surface area contributed by atoms with Crippen LogP contribution < -0.4 is 10.2 Å². The van der Waals surface area contributed by atoms with E-state index in [4.69, 9.17) is 9.47 Å². The van der Waals surface area contributed by atoms with E-state index in [9.17, 15) is 32.9 Å². The number of hydrazone groups is 1. The number of sulfonamides is 1. The van der Waals surface area contributed by atoms with Crippen LogP contribution in [0.15, 0.2) is 29.9 Å². The highest BCUT2D eigenvalue weighted by Crippen LogP contribution is 2.70. The summed E-state index contributed by atoms with van der Waals surface area (Å²) in [5, 5.41) is 25.2. The van der Waals surface area contributed by atoms with Crippen molar-refractivity contribution in [2.24, 2.45) is 45.0 Å². The number of carbonyl (C=O) groups is 3. The van der Waals surface area contributed by atoms with E-state index >= 15 is 8.78 Å². The molecule has 1 aromatic rings. The number of hydrogen-bond acceptors (Lipinski definition) is 9. The van der Waals surface area contributed by atoms with Crippen molar-refractivity contribution in [1.82, 2.24) is 4.33 Å². The number of fused-ring (bicyclic) bond motifs is 1. The van der Waals surface area contributed by atoms with Gasteiger partial charge in [0.25, 0.3) is 6.47 Å². The summed E-state index contributed by atoms with van der Waals surface area (Å²) >= 11 is 0. The Morgan fingerprint density at radius 2 is 1.96 bits per heavy atom. The highest BCUT2D eigenvalue weighted by Gasteiger charge is 2.71. The van der Waals surface area contributed by atoms with Crippen molar-refractivity contribution in [1.29, 1.82) is 0 Å². The number of halogens is 2. The monoisotopic (exact) mass is 664 g/mol. The van der Waals surface area contributed by atoms with Crippen molar-refractivity contribution in [3.63, 3.8) is 0 Å². The first kappa shape index (κ1) is 34.0. The topological polar surface area (TPSA) is 160 Å². The number of rotatable bonds is 8. The van der Waals surface area contributed by atoms with Crippen molar-refractivity contribution in [2.75, 3.05) is 6.26 Å². The molecule has 1 aliphatic heterocycles. The lowest BCUT2D eigenvalue weighted by atomic mass is 9.41. The van der Waals surface area contributed by atoms with Crippen LogP contribution in [0.25, 0.3) is 0 Å². The summed E-state index contributed by atoms with van der Waals surface area (Å²) in [5.41, 5.74) is -3.64. The third-order valence-corrected chi connectivity index (χ3v) is 12.7. The van der Waals surface area contributed by atoms with Gasteiger partial charge in [-0.1, -0.05) is 33.8 Å². The van der Waals surface area contributed by atoms with Crippen LogP contribution in [0.2, 0.25) is 0 Å². The van der Waals surface area contributed by atoms with E-state index in [0.717, 1.165) is 18.5 Å². The molecule has 3 aliphatic carbocycles. The molecule has 5 rings (SSSR count). The maximum absolute atomic E-state index is 16.1. The maximum Gasteiger partial charge on any atom is 0.487 e. The number of aliphatic carboxylic acids is 1. The lowest BCUT2D eigenvalue weighted by molar-refractivity contribution is -0.199. The molecule has 1 heterocycles. The molecule has 0 saturated heterocycles. The van der Waals surface area contributed by atoms with E-state index in [1.165, 1.54) is 6.07 Å². The number of ether oxygens (including phenoxy) is 2. The first-order valence-corrected chi connectivity index (χ1v) is 17.1. The van der Waals surface area contributed by atoms with Gasteiger partial charge in [-0.15, -0.1) is 6.58 Å². The predicted octanol–water partition coefficient (Wildman–Crippen LogP) is 2.69. The molecule has 1 aromatic carbocycles. The van der Waals surface area contributed by atoms with Crippen LogP contribution in [0.3, 0.4) is 0 Å². The van der Waals surface area contributed by atoms with E-state index < -0.39 is 98.2 Å². The maximum atomic E-state index is 16.1. The molecule has 11 nitrogen and oxygen atoms in total. The summed E-state index contributed by atoms with van der Waals surface area (Å²) < 4.78 is 68.1. The minimum atomic E-state index is -4.11. The zero-order valence-corrected chi connectivity index (χ0v) is 27.2. The highest BCUT2D eigenvalue weighted by atomic mass is 32.2. The number of carboxylic acids is 1. The molecule has 0 radical (unpaired) electrons. The number of alkyl halides is 1. The molecule has 0 aromatic heterocycles. The van der Waals surface area contributed by atoms with Crippen molar-refractivity contribution in [3.8, 4) is 5.75 Å². The first-order valence-electron chi connectivity index (χ1n) is 15.2. The van der Waals surface area contributed by atoms with E-state index in [-0.39, 0.29) is 24.3 Å². The van der Waals surface area contributed by atoms with E-state index in [0.29, 0.717) is 23.6 Å². The summed E-state index contributed by atoms with van der Waals surface area (Å²) in [4.78, 5) is 38.8. The lowest BCUT2D eigenvalue weighted by Gasteiger charge is -2.63. The fourth-order valence-corrected chi connectivity index (χ4v) is 9.92. The lowest BCUT2D eigenvalue weighted by Crippen LogP contribution is -2.64. The van der Waals surface area contributed by atoms with E-state index in [1.54, 1.807) is 19.9 Å². The number of carboxylic acid groups (broad SMARTS) is 1. The molecule has 250 valence electrons. The van der Waals surface area contributed by atoms with Gasteiger partial charge in [0.05, 0.1) is 12.5 Å². The second-order valence-electron chi connectivity index (χ2n) is 13.9. The van der Waals surface area contributed by atoms with Crippen LogP contribution in [0.1, 0.15) is 58.9 Å². The average molecular weight is 665 g/mol. The van der Waals surface area contributed by atoms with E-state index in [1.807, 2.05) is 13.8 Å². The second-order valence-corrected chi connectivity index (χ2v) is 15.8. The third-order valence-electron chi connectivity index (χ3n) is 11.8. The largest absolute Gasteiger partial charge is 0.487 e. The van der Waals surface area contributed by atoms with Gasteiger partial charge < -0.3 is 19.6 Å². The van der Waals surface area contributed by atoms with Crippen molar-refractivity contribution >= 4 is 47.0 Å². The number of ketones is 1. The van der Waals surface area contributed by atoms with Crippen LogP contribution in [0.4, 0.5) is 8.78 Å². The average Bonchev–Trinajstić information content (AvgIpc) is 3.25. The van der Waals surface area contributed by atoms with Gasteiger partial charge in [0.15, 0.2) is 29.6 Å². The molecule has 3 saturated carbocycles. The molecule has 2 N–H and O–H groups in total. The molecular weight excluding hydrogens is 625 g/mol. The van der Waals surface area contributed by atoms with Gasteiger partial charge in [-0.25, -0.2) is 26.3 Å².